The van der Waals surface area contributed by atoms with Crippen molar-refractivity contribution in [1.29, 1.82) is 0 Å². The monoisotopic (exact) mass is 290 g/mol. The quantitative estimate of drug-likeness (QED) is 0.911. The second-order valence-electron chi connectivity index (χ2n) is 5.34. The molecule has 0 spiro atoms. The van der Waals surface area contributed by atoms with Crippen LogP contribution in [0.4, 0.5) is 0 Å². The second kappa shape index (κ2) is 6.22. The summed E-state index contributed by atoms with van der Waals surface area (Å²) in [6.07, 6.45) is 1.70. The number of aromatic nitrogens is 3. The fraction of sp³-hybridized carbons (Fsp3) is 0.533. The van der Waals surface area contributed by atoms with Crippen LogP contribution >= 0.6 is 0 Å². The van der Waals surface area contributed by atoms with E-state index in [9.17, 15) is 4.79 Å². The maximum Gasteiger partial charge on any atom is 0.254 e. The lowest BCUT2D eigenvalue weighted by Crippen LogP contribution is -2.33. The van der Waals surface area contributed by atoms with Crippen LogP contribution in [0, 0.1) is 6.92 Å². The molecule has 0 saturated carbocycles. The summed E-state index contributed by atoms with van der Waals surface area (Å²) < 4.78 is 1.82. The Morgan fingerprint density at radius 3 is 2.76 bits per heavy atom. The summed E-state index contributed by atoms with van der Waals surface area (Å²) in [5.41, 5.74) is 2.11. The van der Waals surface area contributed by atoms with E-state index in [1.165, 1.54) is 0 Å². The second-order valence-corrected chi connectivity index (χ2v) is 5.34. The summed E-state index contributed by atoms with van der Waals surface area (Å²) >= 11 is 0. The first-order valence-electron chi connectivity index (χ1n) is 7.24. The molecule has 2 aromatic rings. The molecule has 1 N–H and O–H groups in total. The zero-order valence-electron chi connectivity index (χ0n) is 13.0. The lowest BCUT2D eigenvalue weighted by Gasteiger charge is -2.20. The van der Waals surface area contributed by atoms with Gasteiger partial charge in [0.15, 0.2) is 5.65 Å². The number of aliphatic hydroxyl groups excluding tert-OH is 1. The van der Waals surface area contributed by atoms with Crippen molar-refractivity contribution in [1.82, 2.24) is 19.7 Å². The van der Waals surface area contributed by atoms with Gasteiger partial charge in [-0.3, -0.25) is 4.79 Å². The van der Waals surface area contributed by atoms with E-state index in [0.717, 1.165) is 16.7 Å². The Morgan fingerprint density at radius 1 is 1.48 bits per heavy atom. The van der Waals surface area contributed by atoms with Crippen molar-refractivity contribution < 1.29 is 9.90 Å². The molecule has 0 aliphatic rings. The number of hydrogen-bond donors (Lipinski definition) is 1. The lowest BCUT2D eigenvalue weighted by molar-refractivity contribution is 0.0734. The highest BCUT2D eigenvalue weighted by Gasteiger charge is 2.20. The number of amides is 1. The van der Waals surface area contributed by atoms with Gasteiger partial charge < -0.3 is 10.0 Å². The van der Waals surface area contributed by atoms with Crippen LogP contribution in [0.3, 0.4) is 0 Å². The highest BCUT2D eigenvalue weighted by Crippen LogP contribution is 2.22. The minimum Gasteiger partial charge on any atom is -0.395 e. The van der Waals surface area contributed by atoms with E-state index in [1.807, 2.05) is 32.4 Å². The number of aliphatic hydroxyl groups is 1. The van der Waals surface area contributed by atoms with Gasteiger partial charge >= 0.3 is 0 Å². The van der Waals surface area contributed by atoms with Crippen LogP contribution in [0.15, 0.2) is 12.3 Å². The fourth-order valence-electron chi connectivity index (χ4n) is 2.39. The summed E-state index contributed by atoms with van der Waals surface area (Å²) in [4.78, 5) is 18.8. The molecule has 2 heterocycles. The average molecular weight is 290 g/mol. The highest BCUT2D eigenvalue weighted by molar-refractivity contribution is 6.05. The van der Waals surface area contributed by atoms with Crippen LogP contribution in [-0.2, 0) is 0 Å². The molecule has 0 aliphatic heterocycles. The molecule has 6 heteroatoms. The number of carbonyl (C=O) groups is 1. The van der Waals surface area contributed by atoms with Crippen LogP contribution in [0.1, 0.15) is 42.9 Å². The molecule has 0 aliphatic carbocycles. The van der Waals surface area contributed by atoms with Crippen LogP contribution in [0.2, 0.25) is 0 Å². The van der Waals surface area contributed by atoms with Gasteiger partial charge in [-0.25, -0.2) is 9.67 Å². The van der Waals surface area contributed by atoms with Crippen LogP contribution < -0.4 is 0 Å². The summed E-state index contributed by atoms with van der Waals surface area (Å²) in [6, 6.07) is 1.97. The van der Waals surface area contributed by atoms with Crippen molar-refractivity contribution in [3.8, 4) is 0 Å². The Bertz CT molecular complexity index is 648. The van der Waals surface area contributed by atoms with Gasteiger partial charge in [-0.05, 0) is 33.8 Å². The van der Waals surface area contributed by atoms with Crippen molar-refractivity contribution >= 4 is 16.9 Å². The normalized spacial score (nSPS) is 11.3. The van der Waals surface area contributed by atoms with Gasteiger partial charge in [-0.1, -0.05) is 0 Å². The number of carbonyl (C=O) groups excluding carboxylic acids is 1. The minimum atomic E-state index is -0.0923. The van der Waals surface area contributed by atoms with Crippen molar-refractivity contribution in [3.63, 3.8) is 0 Å². The molecule has 1 amide bonds. The largest absolute Gasteiger partial charge is 0.395 e. The first-order chi connectivity index (χ1) is 9.99. The fourth-order valence-corrected chi connectivity index (χ4v) is 2.39. The summed E-state index contributed by atoms with van der Waals surface area (Å²) in [5, 5.41) is 14.2. The van der Waals surface area contributed by atoms with Gasteiger partial charge in [-0.15, -0.1) is 0 Å². The average Bonchev–Trinajstić information content (AvgIpc) is 2.86. The molecule has 21 heavy (non-hydrogen) atoms. The molecule has 0 bridgehead atoms. The number of rotatable bonds is 5. The number of fused-ring (bicyclic) bond motifs is 1. The maximum absolute atomic E-state index is 12.7. The van der Waals surface area contributed by atoms with E-state index in [4.69, 9.17) is 5.11 Å². The van der Waals surface area contributed by atoms with E-state index in [-0.39, 0.29) is 18.6 Å². The van der Waals surface area contributed by atoms with Crippen molar-refractivity contribution in [2.24, 2.45) is 0 Å². The highest BCUT2D eigenvalue weighted by atomic mass is 16.3. The van der Waals surface area contributed by atoms with Gasteiger partial charge in [0.05, 0.1) is 23.8 Å². The SMILES string of the molecule is CCN(CCO)C(=O)c1cc(C)nc2c1cnn2C(C)C. The molecule has 0 fully saturated rings. The molecular weight excluding hydrogens is 268 g/mol. The molecule has 0 radical (unpaired) electrons. The number of nitrogens with zero attached hydrogens (tertiary/aromatic N) is 4. The molecule has 114 valence electrons. The lowest BCUT2D eigenvalue weighted by atomic mass is 10.1. The molecule has 0 atom stereocenters. The van der Waals surface area contributed by atoms with Crippen LogP contribution in [0.25, 0.3) is 11.0 Å². The number of hydrogen-bond acceptors (Lipinski definition) is 4. The predicted molar refractivity (Wildman–Crippen MR) is 81.3 cm³/mol. The third-order valence-corrected chi connectivity index (χ3v) is 3.45. The Morgan fingerprint density at radius 2 is 2.19 bits per heavy atom. The van der Waals surface area contributed by atoms with E-state index < -0.39 is 0 Å². The van der Waals surface area contributed by atoms with Crippen LogP contribution in [-0.4, -0.2) is 50.4 Å². The molecule has 0 unspecified atom stereocenters. The molecule has 0 saturated heterocycles. The third kappa shape index (κ3) is 2.90. The van der Waals surface area contributed by atoms with Gasteiger partial charge in [0.2, 0.25) is 0 Å². The number of likely N-dealkylation sites (N-methyl/N-ethyl adjacent to an activating group) is 1. The molecule has 2 aromatic heterocycles. The Balaban J connectivity index is 2.56. The maximum atomic E-state index is 12.7. The van der Waals surface area contributed by atoms with Gasteiger partial charge in [-0.2, -0.15) is 5.10 Å². The van der Waals surface area contributed by atoms with E-state index in [2.05, 4.69) is 10.1 Å². The van der Waals surface area contributed by atoms with Crippen molar-refractivity contribution in [3.05, 3.63) is 23.5 Å². The Labute approximate surface area is 124 Å². The van der Waals surface area contributed by atoms with Gasteiger partial charge in [0, 0.05) is 24.8 Å². The predicted octanol–water partition coefficient (Wildman–Crippen LogP) is 1.78. The first-order valence-corrected chi connectivity index (χ1v) is 7.24. The Kier molecular flexibility index (Phi) is 4.57. The molecule has 2 rings (SSSR count). The van der Waals surface area contributed by atoms with Crippen molar-refractivity contribution in [2.45, 2.75) is 33.7 Å². The van der Waals surface area contributed by atoms with Crippen LogP contribution in [0.5, 0.6) is 0 Å². The van der Waals surface area contributed by atoms with E-state index >= 15 is 0 Å². The number of aryl methyl sites for hydroxylation is 1. The Hall–Kier alpha value is -1.95. The minimum absolute atomic E-state index is 0.0436. The van der Waals surface area contributed by atoms with Gasteiger partial charge in [0.25, 0.3) is 5.91 Å². The number of pyridine rings is 1. The standard InChI is InChI=1S/C15H22N4O2/c1-5-18(6-7-20)15(21)12-8-11(4)17-14-13(12)9-16-19(14)10(2)3/h8-10,20H,5-7H2,1-4H3. The molecule has 6 nitrogen and oxygen atoms in total. The van der Waals surface area contributed by atoms with Gasteiger partial charge in [0.1, 0.15) is 0 Å². The summed E-state index contributed by atoms with van der Waals surface area (Å²) in [5.74, 6) is -0.0923. The smallest absolute Gasteiger partial charge is 0.254 e. The molecular formula is C15H22N4O2. The zero-order valence-corrected chi connectivity index (χ0v) is 13.0. The third-order valence-electron chi connectivity index (χ3n) is 3.45. The summed E-state index contributed by atoms with van der Waals surface area (Å²) in [7, 11) is 0. The topological polar surface area (TPSA) is 71.2 Å². The zero-order chi connectivity index (χ0) is 15.6. The summed E-state index contributed by atoms with van der Waals surface area (Å²) in [6.45, 7) is 8.67. The molecule has 0 aromatic carbocycles. The van der Waals surface area contributed by atoms with Crippen molar-refractivity contribution in [2.75, 3.05) is 19.7 Å². The van der Waals surface area contributed by atoms with E-state index in [0.29, 0.717) is 18.7 Å². The van der Waals surface area contributed by atoms with E-state index in [1.54, 1.807) is 17.2 Å². The first kappa shape index (κ1) is 15.4.